The molecule has 2 aromatic heterocycles. The summed E-state index contributed by atoms with van der Waals surface area (Å²) in [7, 11) is 0. The lowest BCUT2D eigenvalue weighted by atomic mass is 10.1. The maximum absolute atomic E-state index is 15.2. The van der Waals surface area contributed by atoms with Crippen molar-refractivity contribution in [2.75, 3.05) is 16.7 Å². The number of halogens is 4. The molecule has 0 aliphatic rings. The Kier molecular flexibility index (Phi) is 6.49. The van der Waals surface area contributed by atoms with Gasteiger partial charge in [0.2, 0.25) is 5.78 Å². The first-order valence-electron chi connectivity index (χ1n) is 11.1. The number of rotatable bonds is 7. The van der Waals surface area contributed by atoms with E-state index < -0.39 is 34.8 Å². The predicted molar refractivity (Wildman–Crippen MR) is 138 cm³/mol. The standard InChI is InChI=1S/C26H19F4N5O2S/c1-12-5-15(37-23-8-14(27)3-4-17(23)28)9-19(30)24(12)35-26(31)16(11-32-35)25(36)22-7-13-6-21(34-38-2)18(29)10-20(13)33-22/h3-11,33-34H,31H2,1-2H3. The summed E-state index contributed by atoms with van der Waals surface area (Å²) in [5.74, 6) is -3.97. The highest BCUT2D eigenvalue weighted by atomic mass is 32.2. The fourth-order valence-electron chi connectivity index (χ4n) is 4.04. The normalized spacial score (nSPS) is 11.2. The number of hydrogen-bond donors (Lipinski definition) is 3. The minimum absolute atomic E-state index is 0.000415. The Bertz CT molecular complexity index is 1690. The summed E-state index contributed by atoms with van der Waals surface area (Å²) < 4.78 is 66.1. The molecule has 5 aromatic rings. The van der Waals surface area contributed by atoms with E-state index in [9.17, 15) is 18.0 Å². The van der Waals surface area contributed by atoms with E-state index in [2.05, 4.69) is 14.8 Å². The molecular formula is C26H19F4N5O2S. The largest absolute Gasteiger partial charge is 0.454 e. The Balaban J connectivity index is 1.46. The molecule has 38 heavy (non-hydrogen) atoms. The number of aryl methyl sites for hydroxylation is 1. The number of ether oxygens (including phenoxy) is 1. The van der Waals surface area contributed by atoms with Crippen molar-refractivity contribution in [3.8, 4) is 17.2 Å². The number of fused-ring (bicyclic) bond motifs is 1. The average molecular weight is 542 g/mol. The number of nitrogens with one attached hydrogen (secondary N) is 2. The zero-order chi connectivity index (χ0) is 27.1. The van der Waals surface area contributed by atoms with Gasteiger partial charge < -0.3 is 20.2 Å². The Hall–Kier alpha value is -4.45. The van der Waals surface area contributed by atoms with E-state index in [0.717, 1.165) is 28.9 Å². The predicted octanol–water partition coefficient (Wildman–Crippen LogP) is 6.51. The molecule has 0 amide bonds. The monoisotopic (exact) mass is 541 g/mol. The number of anilines is 2. The third kappa shape index (κ3) is 4.54. The van der Waals surface area contributed by atoms with Crippen LogP contribution in [0, 0.1) is 30.2 Å². The number of nitrogens with two attached hydrogens (primary N) is 1. The summed E-state index contributed by atoms with van der Waals surface area (Å²) in [5.41, 5.74) is 7.27. The number of carbonyl (C=O) groups is 1. The molecule has 5 rings (SSSR count). The Morgan fingerprint density at radius 1 is 1.05 bits per heavy atom. The molecule has 0 saturated carbocycles. The van der Waals surface area contributed by atoms with Gasteiger partial charge in [-0.05, 0) is 42.8 Å². The molecule has 3 aromatic carbocycles. The summed E-state index contributed by atoms with van der Waals surface area (Å²) >= 11 is 1.23. The number of aromatic amines is 1. The van der Waals surface area contributed by atoms with Crippen LogP contribution in [0.15, 0.2) is 54.7 Å². The van der Waals surface area contributed by atoms with Crippen molar-refractivity contribution in [2.45, 2.75) is 6.92 Å². The van der Waals surface area contributed by atoms with Crippen molar-refractivity contribution >= 4 is 40.1 Å². The van der Waals surface area contributed by atoms with E-state index >= 15 is 4.39 Å². The average Bonchev–Trinajstić information content (AvgIpc) is 3.44. The maximum atomic E-state index is 15.2. The van der Waals surface area contributed by atoms with Gasteiger partial charge in [-0.3, -0.25) is 4.79 Å². The van der Waals surface area contributed by atoms with Gasteiger partial charge >= 0.3 is 0 Å². The van der Waals surface area contributed by atoms with Crippen LogP contribution < -0.4 is 15.2 Å². The third-order valence-electron chi connectivity index (χ3n) is 5.78. The molecule has 0 fully saturated rings. The molecule has 4 N–H and O–H groups in total. The minimum Gasteiger partial charge on any atom is -0.454 e. The number of aromatic nitrogens is 3. The number of H-pyrrole nitrogens is 1. The van der Waals surface area contributed by atoms with Crippen LogP contribution in [-0.4, -0.2) is 26.8 Å². The zero-order valence-corrected chi connectivity index (χ0v) is 20.7. The molecule has 7 nitrogen and oxygen atoms in total. The molecule has 2 heterocycles. The molecule has 0 aliphatic carbocycles. The van der Waals surface area contributed by atoms with Gasteiger partial charge in [0.1, 0.15) is 28.9 Å². The molecule has 12 heteroatoms. The molecule has 0 unspecified atom stereocenters. The van der Waals surface area contributed by atoms with E-state index in [1.165, 1.54) is 30.3 Å². The van der Waals surface area contributed by atoms with Crippen LogP contribution in [0.1, 0.15) is 21.6 Å². The van der Waals surface area contributed by atoms with Gasteiger partial charge in [0.15, 0.2) is 17.4 Å². The lowest BCUT2D eigenvalue weighted by Crippen LogP contribution is -2.10. The lowest BCUT2D eigenvalue weighted by Gasteiger charge is -2.13. The number of carbonyl (C=O) groups excluding carboxylic acids is 1. The zero-order valence-electron chi connectivity index (χ0n) is 19.9. The van der Waals surface area contributed by atoms with Crippen LogP contribution in [0.2, 0.25) is 0 Å². The quantitative estimate of drug-likeness (QED) is 0.123. The summed E-state index contributed by atoms with van der Waals surface area (Å²) in [6.07, 6.45) is 2.96. The Morgan fingerprint density at radius 2 is 1.84 bits per heavy atom. The van der Waals surface area contributed by atoms with Gasteiger partial charge in [-0.1, -0.05) is 11.9 Å². The first-order valence-corrected chi connectivity index (χ1v) is 12.3. The summed E-state index contributed by atoms with van der Waals surface area (Å²) in [6.45, 7) is 1.54. The van der Waals surface area contributed by atoms with Crippen LogP contribution in [0.3, 0.4) is 0 Å². The van der Waals surface area contributed by atoms with Crippen molar-refractivity contribution < 1.29 is 27.1 Å². The van der Waals surface area contributed by atoms with E-state index in [1.807, 2.05) is 0 Å². The number of nitrogen functional groups attached to an aromatic ring is 1. The highest BCUT2D eigenvalue weighted by Gasteiger charge is 2.23. The van der Waals surface area contributed by atoms with Crippen molar-refractivity contribution in [3.63, 3.8) is 0 Å². The van der Waals surface area contributed by atoms with Gasteiger partial charge in [0.05, 0.1) is 23.1 Å². The van der Waals surface area contributed by atoms with Crippen LogP contribution in [-0.2, 0) is 0 Å². The molecule has 0 radical (unpaired) electrons. The van der Waals surface area contributed by atoms with Gasteiger partial charge in [0, 0.05) is 35.4 Å². The van der Waals surface area contributed by atoms with Crippen LogP contribution in [0.25, 0.3) is 16.6 Å². The minimum atomic E-state index is -0.819. The second kappa shape index (κ2) is 9.78. The molecule has 0 spiro atoms. The fourth-order valence-corrected chi connectivity index (χ4v) is 4.41. The summed E-state index contributed by atoms with van der Waals surface area (Å²) in [4.78, 5) is 16.1. The molecule has 194 valence electrons. The smallest absolute Gasteiger partial charge is 0.214 e. The van der Waals surface area contributed by atoms with Crippen LogP contribution >= 0.6 is 11.9 Å². The van der Waals surface area contributed by atoms with Gasteiger partial charge in [-0.2, -0.15) is 5.10 Å². The van der Waals surface area contributed by atoms with E-state index in [4.69, 9.17) is 10.5 Å². The summed E-state index contributed by atoms with van der Waals surface area (Å²) in [6, 6.07) is 9.45. The second-order valence-corrected chi connectivity index (χ2v) is 8.95. The van der Waals surface area contributed by atoms with Crippen molar-refractivity contribution in [3.05, 3.63) is 94.8 Å². The Labute approximate surface area is 217 Å². The number of benzene rings is 3. The number of ketones is 1. The molecule has 0 aliphatic heterocycles. The highest BCUT2D eigenvalue weighted by molar-refractivity contribution is 7.99. The summed E-state index contributed by atoms with van der Waals surface area (Å²) in [5, 5.41) is 4.70. The van der Waals surface area contributed by atoms with Crippen molar-refractivity contribution in [1.82, 2.24) is 14.8 Å². The Morgan fingerprint density at radius 3 is 2.58 bits per heavy atom. The van der Waals surface area contributed by atoms with E-state index in [1.54, 1.807) is 25.3 Å². The van der Waals surface area contributed by atoms with Gasteiger partial charge in [-0.15, -0.1) is 0 Å². The second-order valence-electron chi connectivity index (χ2n) is 8.34. The van der Waals surface area contributed by atoms with Gasteiger partial charge in [-0.25, -0.2) is 22.2 Å². The molecule has 0 bridgehead atoms. The van der Waals surface area contributed by atoms with Crippen LogP contribution in [0.5, 0.6) is 11.5 Å². The van der Waals surface area contributed by atoms with Crippen molar-refractivity contribution in [1.29, 1.82) is 0 Å². The highest BCUT2D eigenvalue weighted by Crippen LogP contribution is 2.32. The first-order chi connectivity index (χ1) is 18.2. The number of nitrogens with zero attached hydrogens (tertiary/aromatic N) is 2. The number of hydrogen-bond acceptors (Lipinski definition) is 6. The van der Waals surface area contributed by atoms with Crippen LogP contribution in [0.4, 0.5) is 29.1 Å². The maximum Gasteiger partial charge on any atom is 0.214 e. The molecule has 0 saturated heterocycles. The van der Waals surface area contributed by atoms with Gasteiger partial charge in [0.25, 0.3) is 0 Å². The molecular weight excluding hydrogens is 522 g/mol. The van der Waals surface area contributed by atoms with E-state index in [-0.39, 0.29) is 34.2 Å². The fraction of sp³-hybridized carbons (Fsp3) is 0.0769. The SMILES string of the molecule is CSNc1cc2cc(C(=O)c3cnn(-c4c(C)cc(Oc5cc(F)ccc5F)cc4F)c3N)[nH]c2cc1F. The van der Waals surface area contributed by atoms with E-state index in [0.29, 0.717) is 16.5 Å². The topological polar surface area (TPSA) is 98.0 Å². The third-order valence-corrected chi connectivity index (χ3v) is 6.20. The lowest BCUT2D eigenvalue weighted by molar-refractivity contribution is 0.103. The first kappa shape index (κ1) is 25.2. The van der Waals surface area contributed by atoms with Crippen molar-refractivity contribution in [2.24, 2.45) is 0 Å². The molecule has 0 atom stereocenters.